The average molecular weight is 383 g/mol. The summed E-state index contributed by atoms with van der Waals surface area (Å²) < 4.78 is 20.8. The highest BCUT2D eigenvalue weighted by atomic mass is 16.7. The quantitative estimate of drug-likeness (QED) is 0.603. The molecule has 0 saturated heterocycles. The molecule has 0 unspecified atom stereocenters. The zero-order valence-corrected chi connectivity index (χ0v) is 15.9. The third-order valence-corrected chi connectivity index (χ3v) is 3.78. The number of nitrogens with zero attached hydrogens (tertiary/aromatic N) is 2. The average Bonchev–Trinajstić information content (AvgIpc) is 2.70. The van der Waals surface area contributed by atoms with Gasteiger partial charge in [0.1, 0.15) is 5.75 Å². The largest absolute Gasteiger partial charge is 0.513 e. The van der Waals surface area contributed by atoms with Crippen LogP contribution in [0.25, 0.3) is 11.0 Å². The lowest BCUT2D eigenvalue weighted by atomic mass is 10.2. The zero-order valence-electron chi connectivity index (χ0n) is 15.9. The monoisotopic (exact) mass is 383 g/mol. The Kier molecular flexibility index (Phi) is 6.11. The number of ether oxygens (including phenoxy) is 4. The number of nitrogens with one attached hydrogen (secondary N) is 1. The summed E-state index contributed by atoms with van der Waals surface area (Å²) in [5.74, 6) is 1.43. The summed E-state index contributed by atoms with van der Waals surface area (Å²) in [6.45, 7) is 4.29. The summed E-state index contributed by atoms with van der Waals surface area (Å²) in [7, 11) is 1.60. The molecule has 1 aromatic carbocycles. The Morgan fingerprint density at radius 3 is 2.54 bits per heavy atom. The highest BCUT2D eigenvalue weighted by molar-refractivity contribution is 5.95. The van der Waals surface area contributed by atoms with Crippen molar-refractivity contribution < 1.29 is 23.7 Å². The molecule has 28 heavy (non-hydrogen) atoms. The molecule has 2 heterocycles. The number of hydrogen-bond acceptors (Lipinski definition) is 8. The van der Waals surface area contributed by atoms with Crippen LogP contribution in [-0.4, -0.2) is 36.4 Å². The molecule has 146 valence electrons. The van der Waals surface area contributed by atoms with E-state index in [-0.39, 0.29) is 12.4 Å². The van der Waals surface area contributed by atoms with E-state index in [1.807, 2.05) is 37.3 Å². The van der Waals surface area contributed by atoms with E-state index < -0.39 is 6.16 Å². The number of anilines is 2. The summed E-state index contributed by atoms with van der Waals surface area (Å²) in [5.41, 5.74) is 1.77. The van der Waals surface area contributed by atoms with Gasteiger partial charge in [-0.15, -0.1) is 0 Å². The van der Waals surface area contributed by atoms with Crippen LogP contribution in [0.3, 0.4) is 0 Å². The minimum absolute atomic E-state index is 0.209. The lowest BCUT2D eigenvalue weighted by molar-refractivity contribution is 0.104. The van der Waals surface area contributed by atoms with Gasteiger partial charge in [-0.25, -0.2) is 9.78 Å². The maximum absolute atomic E-state index is 11.8. The van der Waals surface area contributed by atoms with Crippen molar-refractivity contribution in [1.29, 1.82) is 0 Å². The number of hydrogen-bond donors (Lipinski definition) is 1. The standard InChI is InChI=1S/C20H21N3O5/c1-4-26-17-11-10-15-18(22-13-6-8-14(25-3)9-7-13)16(12-21-19(15)23-17)28-20(24)27-5-2/h6-12H,4-5H2,1-3H3,(H,21,22,23). The minimum atomic E-state index is -0.805. The predicted molar refractivity (Wildman–Crippen MR) is 105 cm³/mol. The second kappa shape index (κ2) is 8.90. The lowest BCUT2D eigenvalue weighted by Crippen LogP contribution is -2.11. The van der Waals surface area contributed by atoms with Gasteiger partial charge in [-0.1, -0.05) is 0 Å². The number of rotatable bonds is 7. The van der Waals surface area contributed by atoms with Crippen molar-refractivity contribution >= 4 is 28.6 Å². The van der Waals surface area contributed by atoms with Crippen LogP contribution in [0.2, 0.25) is 0 Å². The Morgan fingerprint density at radius 1 is 1.07 bits per heavy atom. The molecule has 0 spiro atoms. The van der Waals surface area contributed by atoms with Gasteiger partial charge in [0.2, 0.25) is 5.88 Å². The van der Waals surface area contributed by atoms with Gasteiger partial charge in [0.15, 0.2) is 11.4 Å². The van der Waals surface area contributed by atoms with E-state index in [1.54, 1.807) is 20.1 Å². The molecule has 0 saturated carbocycles. The van der Waals surface area contributed by atoms with Crippen LogP contribution in [0, 0.1) is 0 Å². The van der Waals surface area contributed by atoms with E-state index in [9.17, 15) is 4.79 Å². The molecule has 0 aliphatic heterocycles. The number of carbonyl (C=O) groups is 1. The van der Waals surface area contributed by atoms with E-state index in [0.29, 0.717) is 29.2 Å². The van der Waals surface area contributed by atoms with E-state index in [2.05, 4.69) is 15.3 Å². The SMILES string of the molecule is CCOC(=O)Oc1cnc2nc(OCC)ccc2c1Nc1ccc(OC)cc1. The fourth-order valence-electron chi connectivity index (χ4n) is 2.53. The molecule has 8 heteroatoms. The molecular weight excluding hydrogens is 362 g/mol. The number of methoxy groups -OCH3 is 1. The van der Waals surface area contributed by atoms with Gasteiger partial charge < -0.3 is 24.3 Å². The van der Waals surface area contributed by atoms with Crippen molar-refractivity contribution in [3.8, 4) is 17.4 Å². The van der Waals surface area contributed by atoms with Gasteiger partial charge >= 0.3 is 6.16 Å². The second-order valence-electron chi connectivity index (χ2n) is 5.59. The molecule has 0 amide bonds. The fraction of sp³-hybridized carbons (Fsp3) is 0.250. The Balaban J connectivity index is 2.03. The van der Waals surface area contributed by atoms with Crippen LogP contribution in [0.1, 0.15) is 13.8 Å². The van der Waals surface area contributed by atoms with Crippen molar-refractivity contribution in [2.75, 3.05) is 25.6 Å². The highest BCUT2D eigenvalue weighted by Gasteiger charge is 2.16. The van der Waals surface area contributed by atoms with Crippen LogP contribution < -0.4 is 19.5 Å². The molecular formula is C20H21N3O5. The Morgan fingerprint density at radius 2 is 1.86 bits per heavy atom. The molecule has 0 aliphatic rings. The van der Waals surface area contributed by atoms with Gasteiger partial charge in [-0.05, 0) is 44.2 Å². The van der Waals surface area contributed by atoms with E-state index in [4.69, 9.17) is 18.9 Å². The Hall–Kier alpha value is -3.55. The Labute approximate surface area is 162 Å². The van der Waals surface area contributed by atoms with Gasteiger partial charge in [-0.3, -0.25) is 0 Å². The third-order valence-electron chi connectivity index (χ3n) is 3.78. The molecule has 0 bridgehead atoms. The van der Waals surface area contributed by atoms with Crippen molar-refractivity contribution in [3.05, 3.63) is 42.6 Å². The summed E-state index contributed by atoms with van der Waals surface area (Å²) in [4.78, 5) is 20.5. The van der Waals surface area contributed by atoms with Crippen LogP contribution >= 0.6 is 0 Å². The first-order valence-electron chi connectivity index (χ1n) is 8.82. The van der Waals surface area contributed by atoms with Gasteiger partial charge in [-0.2, -0.15) is 4.98 Å². The smallest absolute Gasteiger partial charge is 0.497 e. The first-order valence-corrected chi connectivity index (χ1v) is 8.82. The number of benzene rings is 1. The molecule has 0 aliphatic carbocycles. The Bertz CT molecular complexity index is 960. The fourth-order valence-corrected chi connectivity index (χ4v) is 2.53. The van der Waals surface area contributed by atoms with Crippen molar-refractivity contribution in [3.63, 3.8) is 0 Å². The first kappa shape index (κ1) is 19.2. The maximum Gasteiger partial charge on any atom is 0.513 e. The third kappa shape index (κ3) is 4.40. The number of carbonyl (C=O) groups excluding carboxylic acids is 1. The first-order chi connectivity index (χ1) is 13.6. The summed E-state index contributed by atoms with van der Waals surface area (Å²) in [6, 6.07) is 10.9. The molecule has 0 radical (unpaired) electrons. The minimum Gasteiger partial charge on any atom is -0.497 e. The molecule has 3 rings (SSSR count). The van der Waals surface area contributed by atoms with E-state index in [1.165, 1.54) is 6.20 Å². The van der Waals surface area contributed by atoms with Gasteiger partial charge in [0, 0.05) is 17.1 Å². The van der Waals surface area contributed by atoms with Gasteiger partial charge in [0.25, 0.3) is 0 Å². The number of pyridine rings is 2. The van der Waals surface area contributed by atoms with Crippen molar-refractivity contribution in [1.82, 2.24) is 9.97 Å². The lowest BCUT2D eigenvalue weighted by Gasteiger charge is -2.15. The van der Waals surface area contributed by atoms with Crippen LogP contribution in [0.15, 0.2) is 42.6 Å². The predicted octanol–water partition coefficient (Wildman–Crippen LogP) is 4.32. The molecule has 1 N–H and O–H groups in total. The van der Waals surface area contributed by atoms with Crippen LogP contribution in [-0.2, 0) is 4.74 Å². The van der Waals surface area contributed by atoms with E-state index in [0.717, 1.165) is 11.4 Å². The zero-order chi connectivity index (χ0) is 19.9. The number of aromatic nitrogens is 2. The van der Waals surface area contributed by atoms with Crippen molar-refractivity contribution in [2.45, 2.75) is 13.8 Å². The molecule has 3 aromatic rings. The molecule has 0 atom stereocenters. The van der Waals surface area contributed by atoms with E-state index >= 15 is 0 Å². The molecule has 8 nitrogen and oxygen atoms in total. The van der Waals surface area contributed by atoms with Crippen LogP contribution in [0.4, 0.5) is 16.2 Å². The summed E-state index contributed by atoms with van der Waals surface area (Å²) >= 11 is 0. The second-order valence-corrected chi connectivity index (χ2v) is 5.59. The number of fused-ring (bicyclic) bond motifs is 1. The summed E-state index contributed by atoms with van der Waals surface area (Å²) in [5, 5.41) is 3.92. The van der Waals surface area contributed by atoms with Gasteiger partial charge in [0.05, 0.1) is 32.2 Å². The normalized spacial score (nSPS) is 10.4. The van der Waals surface area contributed by atoms with Crippen LogP contribution in [0.5, 0.6) is 17.4 Å². The van der Waals surface area contributed by atoms with Crippen molar-refractivity contribution in [2.24, 2.45) is 0 Å². The highest BCUT2D eigenvalue weighted by Crippen LogP contribution is 2.35. The molecule has 2 aromatic heterocycles. The summed E-state index contributed by atoms with van der Waals surface area (Å²) in [6.07, 6.45) is 0.619. The molecule has 0 fully saturated rings. The maximum atomic E-state index is 11.8. The topological polar surface area (TPSA) is 91.8 Å².